The van der Waals surface area contributed by atoms with Crippen LogP contribution in [0, 0.1) is 0 Å². The van der Waals surface area contributed by atoms with Crippen molar-refractivity contribution >= 4 is 23.7 Å². The lowest BCUT2D eigenvalue weighted by atomic mass is 9.79. The zero-order valence-electron chi connectivity index (χ0n) is 22.2. The zero-order chi connectivity index (χ0) is 25.8. The molecule has 0 radical (unpaired) electrons. The van der Waals surface area contributed by atoms with Crippen molar-refractivity contribution in [3.05, 3.63) is 64.9 Å². The van der Waals surface area contributed by atoms with Crippen molar-refractivity contribution in [3.8, 4) is 0 Å². The second-order valence-corrected chi connectivity index (χ2v) is 12.4. The lowest BCUT2D eigenvalue weighted by molar-refractivity contribution is -0.151. The molecule has 7 rings (SSSR count). The van der Waals surface area contributed by atoms with Gasteiger partial charge in [-0.1, -0.05) is 74.9 Å². The predicted octanol–water partition coefficient (Wildman–Crippen LogP) is 4.92. The van der Waals surface area contributed by atoms with Gasteiger partial charge in [-0.15, -0.1) is 0 Å². The van der Waals surface area contributed by atoms with Crippen LogP contribution in [0.15, 0.2) is 42.6 Å². The van der Waals surface area contributed by atoms with Crippen LogP contribution in [0.2, 0.25) is 0 Å². The minimum absolute atomic E-state index is 0.0483. The van der Waals surface area contributed by atoms with Gasteiger partial charge in [-0.25, -0.2) is 4.98 Å². The van der Waals surface area contributed by atoms with Gasteiger partial charge in [-0.05, 0) is 61.3 Å². The minimum Gasteiger partial charge on any atom is -0.330 e. The molecule has 198 valence electrons. The molecule has 3 spiro atoms. The lowest BCUT2D eigenvalue weighted by Crippen LogP contribution is -2.72. The molecule has 2 amide bonds. The average molecular weight is 511 g/mol. The summed E-state index contributed by atoms with van der Waals surface area (Å²) in [5.41, 5.74) is 3.72. The highest BCUT2D eigenvalue weighted by molar-refractivity contribution is 6.06. The van der Waals surface area contributed by atoms with E-state index in [0.717, 1.165) is 62.6 Å². The number of nitrogens with zero attached hydrogens (tertiary/aromatic N) is 2. The first-order valence-corrected chi connectivity index (χ1v) is 14.7. The fourth-order valence-corrected chi connectivity index (χ4v) is 8.14. The Balaban J connectivity index is 1.12. The van der Waals surface area contributed by atoms with Crippen molar-refractivity contribution in [2.45, 2.75) is 93.5 Å². The van der Waals surface area contributed by atoms with E-state index in [2.05, 4.69) is 50.9 Å². The van der Waals surface area contributed by atoms with E-state index in [0.29, 0.717) is 24.7 Å². The van der Waals surface area contributed by atoms with Crippen molar-refractivity contribution in [1.82, 2.24) is 15.2 Å². The smallest absolute Gasteiger partial charge is 0.243 e. The molecule has 1 saturated heterocycles. The standard InChI is InChI=1S/C32H38N4O2/c37-28-31(26-10-7-17-33-27(26)35-28)20-24-12-11-23(19-25(24)21-31)9-8-18-36-29(38)32(15-5-6-16-32)34-22-30(36)13-3-1-2-4-14-30/h7-12,17,19,34H,1-6,13-16,18,20-22H2,(H,33,35,37)/b9-8+/t31-/m1/s1. The number of carbonyl (C=O) groups excluding carboxylic acids is 2. The number of amides is 2. The Morgan fingerprint density at radius 1 is 0.921 bits per heavy atom. The van der Waals surface area contributed by atoms with Gasteiger partial charge in [-0.3, -0.25) is 9.59 Å². The number of piperazine rings is 1. The number of benzene rings is 1. The van der Waals surface area contributed by atoms with Crippen molar-refractivity contribution in [2.24, 2.45) is 0 Å². The van der Waals surface area contributed by atoms with Gasteiger partial charge in [0.1, 0.15) is 5.82 Å². The Bertz CT molecular complexity index is 1300. The van der Waals surface area contributed by atoms with Crippen LogP contribution in [0.1, 0.15) is 86.5 Å². The molecule has 6 heteroatoms. The van der Waals surface area contributed by atoms with Crippen LogP contribution in [0.25, 0.3) is 6.08 Å². The molecule has 2 N–H and O–H groups in total. The molecule has 2 aromatic rings. The van der Waals surface area contributed by atoms with Crippen molar-refractivity contribution in [1.29, 1.82) is 0 Å². The summed E-state index contributed by atoms with van der Waals surface area (Å²) in [4.78, 5) is 33.7. The number of anilines is 1. The number of carbonyl (C=O) groups is 2. The Kier molecular flexibility index (Phi) is 5.73. The molecule has 1 atom stereocenters. The van der Waals surface area contributed by atoms with E-state index in [1.54, 1.807) is 6.20 Å². The first-order valence-electron chi connectivity index (χ1n) is 14.7. The maximum atomic E-state index is 14.0. The number of hydrogen-bond donors (Lipinski definition) is 2. The van der Waals surface area contributed by atoms with E-state index in [1.807, 2.05) is 12.1 Å². The summed E-state index contributed by atoms with van der Waals surface area (Å²) in [5.74, 6) is 1.10. The molecular weight excluding hydrogens is 472 g/mol. The second-order valence-electron chi connectivity index (χ2n) is 12.4. The van der Waals surface area contributed by atoms with Gasteiger partial charge in [0.2, 0.25) is 11.8 Å². The van der Waals surface area contributed by atoms with E-state index in [-0.39, 0.29) is 17.0 Å². The maximum absolute atomic E-state index is 14.0. The molecule has 3 fully saturated rings. The number of fused-ring (bicyclic) bond motifs is 3. The van der Waals surface area contributed by atoms with Gasteiger partial charge in [-0.2, -0.15) is 0 Å². The van der Waals surface area contributed by atoms with Crippen LogP contribution in [-0.2, 0) is 27.8 Å². The lowest BCUT2D eigenvalue weighted by Gasteiger charge is -2.53. The summed E-state index contributed by atoms with van der Waals surface area (Å²) >= 11 is 0. The number of aromatic nitrogens is 1. The van der Waals surface area contributed by atoms with Crippen LogP contribution < -0.4 is 10.6 Å². The largest absolute Gasteiger partial charge is 0.330 e. The summed E-state index contributed by atoms with van der Waals surface area (Å²) in [5, 5.41) is 6.78. The summed E-state index contributed by atoms with van der Waals surface area (Å²) in [6.45, 7) is 1.61. The van der Waals surface area contributed by atoms with Crippen LogP contribution in [0.5, 0.6) is 0 Å². The fraction of sp³-hybridized carbons (Fsp3) is 0.531. The van der Waals surface area contributed by atoms with E-state index in [9.17, 15) is 9.59 Å². The normalized spacial score (nSPS) is 27.3. The molecule has 38 heavy (non-hydrogen) atoms. The molecule has 3 heterocycles. The fourth-order valence-electron chi connectivity index (χ4n) is 8.14. The van der Waals surface area contributed by atoms with Crippen molar-refractivity contribution < 1.29 is 9.59 Å². The van der Waals surface area contributed by atoms with Crippen LogP contribution in [-0.4, -0.2) is 45.9 Å². The number of rotatable bonds is 3. The van der Waals surface area contributed by atoms with Gasteiger partial charge < -0.3 is 15.5 Å². The Hall–Kier alpha value is -2.99. The highest BCUT2D eigenvalue weighted by Crippen LogP contribution is 2.47. The third-order valence-electron chi connectivity index (χ3n) is 10.3. The van der Waals surface area contributed by atoms with Gasteiger partial charge in [0.05, 0.1) is 16.5 Å². The molecule has 6 nitrogen and oxygen atoms in total. The van der Waals surface area contributed by atoms with Crippen molar-refractivity contribution in [2.75, 3.05) is 18.4 Å². The SMILES string of the molecule is O=C1N(C/C=C/c2ccc3c(c2)C[C@@]2(C3)C(=O)Nc3ncccc32)C2(CCCCCC2)CNC12CCCC2. The predicted molar refractivity (Wildman–Crippen MR) is 149 cm³/mol. The highest BCUT2D eigenvalue weighted by Gasteiger charge is 2.54. The van der Waals surface area contributed by atoms with Gasteiger partial charge in [0.25, 0.3) is 0 Å². The van der Waals surface area contributed by atoms with Gasteiger partial charge >= 0.3 is 0 Å². The molecule has 2 aliphatic heterocycles. The highest BCUT2D eigenvalue weighted by atomic mass is 16.2. The van der Waals surface area contributed by atoms with E-state index in [1.165, 1.54) is 36.8 Å². The molecule has 5 aliphatic rings. The molecule has 0 bridgehead atoms. The first kappa shape index (κ1) is 24.1. The quantitative estimate of drug-likeness (QED) is 0.615. The Morgan fingerprint density at radius 2 is 1.68 bits per heavy atom. The molecule has 0 unspecified atom stereocenters. The second kappa shape index (κ2) is 9.04. The maximum Gasteiger partial charge on any atom is 0.243 e. The van der Waals surface area contributed by atoms with Gasteiger partial charge in [0, 0.05) is 24.8 Å². The molecule has 1 aromatic heterocycles. The summed E-state index contributed by atoms with van der Waals surface area (Å²) in [6, 6.07) is 10.5. The van der Waals surface area contributed by atoms with E-state index >= 15 is 0 Å². The van der Waals surface area contributed by atoms with E-state index < -0.39 is 5.41 Å². The Morgan fingerprint density at radius 3 is 2.50 bits per heavy atom. The summed E-state index contributed by atoms with van der Waals surface area (Å²) in [6.07, 6.45) is 19.0. The van der Waals surface area contributed by atoms with E-state index in [4.69, 9.17) is 0 Å². The monoisotopic (exact) mass is 510 g/mol. The third kappa shape index (κ3) is 3.67. The third-order valence-corrected chi connectivity index (χ3v) is 10.3. The zero-order valence-corrected chi connectivity index (χ0v) is 22.2. The molecular formula is C32H38N4O2. The summed E-state index contributed by atoms with van der Waals surface area (Å²) < 4.78 is 0. The molecule has 3 aliphatic carbocycles. The molecule has 1 aromatic carbocycles. The number of hydrogen-bond acceptors (Lipinski definition) is 4. The molecule has 2 saturated carbocycles. The average Bonchev–Trinajstić information content (AvgIpc) is 3.57. The summed E-state index contributed by atoms with van der Waals surface area (Å²) in [7, 11) is 0. The van der Waals surface area contributed by atoms with Crippen molar-refractivity contribution in [3.63, 3.8) is 0 Å². The van der Waals surface area contributed by atoms with Gasteiger partial charge in [0.15, 0.2) is 0 Å². The Labute approximate surface area is 225 Å². The topological polar surface area (TPSA) is 74.3 Å². The number of pyridine rings is 1. The van der Waals surface area contributed by atoms with Crippen LogP contribution in [0.3, 0.4) is 0 Å². The first-order chi connectivity index (χ1) is 18.5. The van der Waals surface area contributed by atoms with Crippen LogP contribution in [0.4, 0.5) is 5.82 Å². The number of nitrogens with one attached hydrogen (secondary N) is 2. The van der Waals surface area contributed by atoms with Crippen LogP contribution >= 0.6 is 0 Å². The minimum atomic E-state index is -0.539.